The lowest BCUT2D eigenvalue weighted by Gasteiger charge is -2.07. The van der Waals surface area contributed by atoms with E-state index < -0.39 is 0 Å². The van der Waals surface area contributed by atoms with Gasteiger partial charge in [-0.15, -0.1) is 10.2 Å². The Bertz CT molecular complexity index is 1070. The Labute approximate surface area is 143 Å². The molecule has 0 amide bonds. The van der Waals surface area contributed by atoms with Crippen molar-refractivity contribution in [2.24, 2.45) is 0 Å². The molecular weight excluding hydrogens is 316 g/mol. The van der Waals surface area contributed by atoms with Gasteiger partial charge in [-0.3, -0.25) is 4.57 Å². The van der Waals surface area contributed by atoms with Crippen molar-refractivity contribution in [2.45, 2.75) is 0 Å². The van der Waals surface area contributed by atoms with Crippen LogP contribution in [0.3, 0.4) is 0 Å². The Morgan fingerprint density at radius 3 is 2.56 bits per heavy atom. The van der Waals surface area contributed by atoms with Crippen molar-refractivity contribution in [3.8, 4) is 34.9 Å². The number of aromatic nitrogens is 4. The van der Waals surface area contributed by atoms with Gasteiger partial charge in [0.25, 0.3) is 5.89 Å². The van der Waals surface area contributed by atoms with Crippen molar-refractivity contribution < 1.29 is 4.42 Å². The van der Waals surface area contributed by atoms with Crippen LogP contribution < -0.4 is 5.73 Å². The third-order valence-electron chi connectivity index (χ3n) is 3.67. The summed E-state index contributed by atoms with van der Waals surface area (Å²) in [7, 11) is 0. The minimum Gasteiger partial charge on any atom is -0.415 e. The normalized spacial score (nSPS) is 10.5. The van der Waals surface area contributed by atoms with Crippen molar-refractivity contribution in [1.82, 2.24) is 19.7 Å². The summed E-state index contributed by atoms with van der Waals surface area (Å²) in [6, 6.07) is 18.5. The van der Waals surface area contributed by atoms with E-state index in [2.05, 4.69) is 21.3 Å². The standard InChI is InChI=1S/C18H12N6O/c19-11-13-7-4-10-24(13)15-9-8-14(20)16(21-15)18-23-22-17(25-18)12-5-2-1-3-6-12/h1-10H,20H2. The summed E-state index contributed by atoms with van der Waals surface area (Å²) in [6.07, 6.45) is 1.75. The van der Waals surface area contributed by atoms with Crippen molar-refractivity contribution in [1.29, 1.82) is 5.26 Å². The Hall–Kier alpha value is -3.92. The van der Waals surface area contributed by atoms with E-state index in [1.165, 1.54) is 0 Å². The summed E-state index contributed by atoms with van der Waals surface area (Å²) < 4.78 is 7.39. The maximum atomic E-state index is 9.17. The third-order valence-corrected chi connectivity index (χ3v) is 3.67. The fraction of sp³-hybridized carbons (Fsp3) is 0. The lowest BCUT2D eigenvalue weighted by molar-refractivity contribution is 0.582. The van der Waals surface area contributed by atoms with Crippen molar-refractivity contribution in [2.75, 3.05) is 5.73 Å². The van der Waals surface area contributed by atoms with Gasteiger partial charge in [-0.05, 0) is 36.4 Å². The molecule has 3 aromatic heterocycles. The second-order valence-corrected chi connectivity index (χ2v) is 5.26. The molecule has 4 rings (SSSR count). The number of nitrogen functional groups attached to an aromatic ring is 1. The molecule has 0 fully saturated rings. The largest absolute Gasteiger partial charge is 0.415 e. The monoisotopic (exact) mass is 328 g/mol. The molecule has 3 heterocycles. The lowest BCUT2D eigenvalue weighted by atomic mass is 10.2. The van der Waals surface area contributed by atoms with Gasteiger partial charge in [0.05, 0.1) is 5.69 Å². The predicted octanol–water partition coefficient (Wildman–Crippen LogP) is 3.04. The smallest absolute Gasteiger partial charge is 0.268 e. The van der Waals surface area contributed by atoms with Gasteiger partial charge in [0.2, 0.25) is 5.89 Å². The number of hydrogen-bond acceptors (Lipinski definition) is 6. The van der Waals surface area contributed by atoms with Crippen LogP contribution in [0.5, 0.6) is 0 Å². The van der Waals surface area contributed by atoms with E-state index in [9.17, 15) is 5.26 Å². The van der Waals surface area contributed by atoms with E-state index in [0.717, 1.165) is 5.56 Å². The Balaban J connectivity index is 1.78. The van der Waals surface area contributed by atoms with Gasteiger partial charge >= 0.3 is 0 Å². The molecule has 4 aromatic rings. The number of nitriles is 1. The molecule has 120 valence electrons. The molecule has 0 aliphatic heterocycles. The van der Waals surface area contributed by atoms with E-state index in [1.807, 2.05) is 30.3 Å². The van der Waals surface area contributed by atoms with Crippen LogP contribution in [0.15, 0.2) is 65.2 Å². The van der Waals surface area contributed by atoms with Crippen molar-refractivity contribution >= 4 is 5.69 Å². The molecule has 0 aliphatic carbocycles. The van der Waals surface area contributed by atoms with Crippen LogP contribution in [-0.2, 0) is 0 Å². The first kappa shape index (κ1) is 14.7. The molecule has 0 radical (unpaired) electrons. The minimum absolute atomic E-state index is 0.226. The summed E-state index contributed by atoms with van der Waals surface area (Å²) in [6.45, 7) is 0. The van der Waals surface area contributed by atoms with Crippen LogP contribution in [0.4, 0.5) is 5.69 Å². The summed E-state index contributed by atoms with van der Waals surface area (Å²) in [4.78, 5) is 4.49. The Kier molecular flexibility index (Phi) is 3.48. The topological polar surface area (TPSA) is 107 Å². The van der Waals surface area contributed by atoms with E-state index in [-0.39, 0.29) is 5.89 Å². The predicted molar refractivity (Wildman–Crippen MR) is 91.4 cm³/mol. The van der Waals surface area contributed by atoms with E-state index in [4.69, 9.17) is 10.2 Å². The molecule has 7 nitrogen and oxygen atoms in total. The first-order valence-electron chi connectivity index (χ1n) is 7.50. The number of anilines is 1. The molecular formula is C18H12N6O. The van der Waals surface area contributed by atoms with Crippen LogP contribution in [0.1, 0.15) is 5.69 Å². The van der Waals surface area contributed by atoms with Gasteiger partial charge in [0.15, 0.2) is 5.69 Å². The van der Waals surface area contributed by atoms with Crippen LogP contribution in [-0.4, -0.2) is 19.7 Å². The number of benzene rings is 1. The van der Waals surface area contributed by atoms with Gasteiger partial charge in [-0.2, -0.15) is 5.26 Å². The molecule has 1 aromatic carbocycles. The molecule has 0 saturated heterocycles. The van der Waals surface area contributed by atoms with E-state index in [0.29, 0.717) is 28.8 Å². The van der Waals surface area contributed by atoms with Crippen molar-refractivity contribution in [3.63, 3.8) is 0 Å². The second kappa shape index (κ2) is 5.94. The average molecular weight is 328 g/mol. The van der Waals surface area contributed by atoms with E-state index in [1.54, 1.807) is 35.0 Å². The first-order valence-corrected chi connectivity index (χ1v) is 7.50. The summed E-state index contributed by atoms with van der Waals surface area (Å²) in [5, 5.41) is 17.3. The highest BCUT2D eigenvalue weighted by molar-refractivity contribution is 5.68. The summed E-state index contributed by atoms with van der Waals surface area (Å²) in [5.74, 6) is 1.16. The quantitative estimate of drug-likeness (QED) is 0.619. The molecule has 2 N–H and O–H groups in total. The van der Waals surface area contributed by atoms with Gasteiger partial charge in [-0.1, -0.05) is 18.2 Å². The zero-order chi connectivity index (χ0) is 17.2. The van der Waals surface area contributed by atoms with Crippen LogP contribution in [0, 0.1) is 11.3 Å². The molecule has 0 atom stereocenters. The van der Waals surface area contributed by atoms with Gasteiger partial charge < -0.3 is 10.2 Å². The number of hydrogen-bond donors (Lipinski definition) is 1. The highest BCUT2D eigenvalue weighted by Crippen LogP contribution is 2.27. The zero-order valence-electron chi connectivity index (χ0n) is 13.0. The Morgan fingerprint density at radius 2 is 1.76 bits per heavy atom. The molecule has 0 spiro atoms. The second-order valence-electron chi connectivity index (χ2n) is 5.26. The number of rotatable bonds is 3. The molecule has 0 aliphatic rings. The highest BCUT2D eigenvalue weighted by atomic mass is 16.4. The maximum Gasteiger partial charge on any atom is 0.268 e. The van der Waals surface area contributed by atoms with Gasteiger partial charge in [0.1, 0.15) is 17.6 Å². The van der Waals surface area contributed by atoms with Crippen molar-refractivity contribution in [3.05, 3.63) is 66.5 Å². The minimum atomic E-state index is 0.226. The van der Waals surface area contributed by atoms with E-state index >= 15 is 0 Å². The number of nitrogens with zero attached hydrogens (tertiary/aromatic N) is 5. The molecule has 0 unspecified atom stereocenters. The maximum absolute atomic E-state index is 9.17. The van der Waals surface area contributed by atoms with Gasteiger partial charge in [0, 0.05) is 11.8 Å². The molecule has 0 saturated carbocycles. The molecule has 25 heavy (non-hydrogen) atoms. The Morgan fingerprint density at radius 1 is 0.960 bits per heavy atom. The number of nitrogens with two attached hydrogens (primary N) is 1. The highest BCUT2D eigenvalue weighted by Gasteiger charge is 2.16. The van der Waals surface area contributed by atoms with Crippen LogP contribution in [0.25, 0.3) is 28.9 Å². The summed E-state index contributed by atoms with van der Waals surface area (Å²) >= 11 is 0. The zero-order valence-corrected chi connectivity index (χ0v) is 13.0. The SMILES string of the molecule is N#Cc1cccn1-c1ccc(N)c(-c2nnc(-c3ccccc3)o2)n1. The molecule has 7 heteroatoms. The summed E-state index contributed by atoms with van der Waals surface area (Å²) in [5.41, 5.74) is 8.11. The third kappa shape index (κ3) is 2.62. The fourth-order valence-electron chi connectivity index (χ4n) is 2.45. The van der Waals surface area contributed by atoms with Gasteiger partial charge in [-0.25, -0.2) is 4.98 Å². The number of pyridine rings is 1. The average Bonchev–Trinajstić information content (AvgIpc) is 3.32. The fourth-order valence-corrected chi connectivity index (χ4v) is 2.45. The first-order chi connectivity index (χ1) is 12.3. The lowest BCUT2D eigenvalue weighted by Crippen LogP contribution is -2.02. The molecule has 0 bridgehead atoms. The van der Waals surface area contributed by atoms with Crippen LogP contribution >= 0.6 is 0 Å². The van der Waals surface area contributed by atoms with Crippen LogP contribution in [0.2, 0.25) is 0 Å².